The lowest BCUT2D eigenvalue weighted by Crippen LogP contribution is -2.38. The van der Waals surface area contributed by atoms with Crippen molar-refractivity contribution in [3.8, 4) is 17.7 Å². The van der Waals surface area contributed by atoms with Crippen molar-refractivity contribution in [1.82, 2.24) is 14.5 Å². The first-order valence-corrected chi connectivity index (χ1v) is 11.3. The Balaban J connectivity index is 1.67. The summed E-state index contributed by atoms with van der Waals surface area (Å²) in [6, 6.07) is 5.93. The van der Waals surface area contributed by atoms with E-state index in [1.807, 2.05) is 29.8 Å². The summed E-state index contributed by atoms with van der Waals surface area (Å²) in [5.41, 5.74) is 2.91. The van der Waals surface area contributed by atoms with Crippen molar-refractivity contribution < 1.29 is 19.0 Å². The van der Waals surface area contributed by atoms with Crippen molar-refractivity contribution in [2.45, 2.75) is 32.8 Å². The smallest absolute Gasteiger partial charge is 0.222 e. The zero-order valence-corrected chi connectivity index (χ0v) is 19.9. The van der Waals surface area contributed by atoms with Crippen LogP contribution >= 0.6 is 0 Å². The highest BCUT2D eigenvalue weighted by Crippen LogP contribution is 2.35. The molecule has 1 N–H and O–H groups in total. The van der Waals surface area contributed by atoms with E-state index in [4.69, 9.17) is 19.2 Å². The number of carbonyl (C=O) groups is 1. The summed E-state index contributed by atoms with van der Waals surface area (Å²) in [5, 5.41) is 3.66. The first-order valence-electron chi connectivity index (χ1n) is 11.3. The number of aryl methyl sites for hydroxylation is 1. The molecule has 8 nitrogen and oxygen atoms in total. The van der Waals surface area contributed by atoms with Crippen LogP contribution in [-0.4, -0.2) is 54.0 Å². The van der Waals surface area contributed by atoms with Gasteiger partial charge in [-0.25, -0.2) is 9.97 Å². The van der Waals surface area contributed by atoms with Crippen LogP contribution in [0.25, 0.3) is 16.7 Å². The molecule has 2 aliphatic heterocycles. The molecule has 5 heterocycles. The van der Waals surface area contributed by atoms with Gasteiger partial charge in [-0.15, -0.1) is 0 Å². The minimum absolute atomic E-state index is 0.139. The van der Waals surface area contributed by atoms with Gasteiger partial charge in [-0.3, -0.25) is 9.36 Å². The zero-order chi connectivity index (χ0) is 23.9. The van der Waals surface area contributed by atoms with E-state index in [0.717, 1.165) is 40.0 Å². The van der Waals surface area contributed by atoms with Crippen LogP contribution in [0, 0.1) is 24.2 Å². The van der Waals surface area contributed by atoms with Gasteiger partial charge in [0, 0.05) is 50.9 Å². The minimum Gasteiger partial charge on any atom is -0.378 e. The number of methoxy groups -OCH3 is 1. The molecule has 2 saturated heterocycles. The number of pyridine rings is 2. The first kappa shape index (κ1) is 22.5. The van der Waals surface area contributed by atoms with E-state index in [0.29, 0.717) is 32.2 Å². The average Bonchev–Trinajstić information content (AvgIpc) is 3.41. The maximum Gasteiger partial charge on any atom is 0.222 e. The number of hydrogen-bond acceptors (Lipinski definition) is 6. The summed E-state index contributed by atoms with van der Waals surface area (Å²) in [6.45, 7) is 7.98. The van der Waals surface area contributed by atoms with Gasteiger partial charge in [0.15, 0.2) is 0 Å². The number of hydrogen-bond donors (Lipinski definition) is 1. The summed E-state index contributed by atoms with van der Waals surface area (Å²) < 4.78 is 18.9. The average molecular weight is 461 g/mol. The Morgan fingerprint density at radius 2 is 2.06 bits per heavy atom. The van der Waals surface area contributed by atoms with Gasteiger partial charge in [0.25, 0.3) is 0 Å². The molecule has 0 radical (unpaired) electrons. The van der Waals surface area contributed by atoms with Gasteiger partial charge in [-0.2, -0.15) is 0 Å². The molecule has 1 amide bonds. The second-order valence-electron chi connectivity index (χ2n) is 9.37. The van der Waals surface area contributed by atoms with Crippen LogP contribution in [0.3, 0.4) is 0 Å². The van der Waals surface area contributed by atoms with E-state index < -0.39 is 5.60 Å². The van der Waals surface area contributed by atoms with Crippen molar-refractivity contribution in [3.63, 3.8) is 0 Å². The largest absolute Gasteiger partial charge is 0.378 e. The predicted octanol–water partition coefficient (Wildman–Crippen LogP) is 3.34. The highest BCUT2D eigenvalue weighted by Gasteiger charge is 2.38. The van der Waals surface area contributed by atoms with Gasteiger partial charge in [0.05, 0.1) is 42.0 Å². The molecule has 0 bridgehead atoms. The van der Waals surface area contributed by atoms with E-state index in [1.165, 1.54) is 6.92 Å². The fraction of sp³-hybridized carbons (Fsp3) is 0.423. The molecular formula is C26H28N4O4. The van der Waals surface area contributed by atoms with Crippen LogP contribution in [0.1, 0.15) is 37.1 Å². The van der Waals surface area contributed by atoms with Crippen LogP contribution in [0.2, 0.25) is 0 Å². The molecule has 0 aromatic carbocycles. The lowest BCUT2D eigenvalue weighted by molar-refractivity contribution is -0.114. The van der Waals surface area contributed by atoms with Gasteiger partial charge in [-0.05, 0) is 31.5 Å². The summed E-state index contributed by atoms with van der Waals surface area (Å²) in [5.74, 6) is 7.73. The number of fused-ring (bicyclic) bond motifs is 1. The minimum atomic E-state index is -0.561. The quantitative estimate of drug-likeness (QED) is 0.601. The van der Waals surface area contributed by atoms with Gasteiger partial charge in [0.1, 0.15) is 17.2 Å². The Morgan fingerprint density at radius 3 is 2.71 bits per heavy atom. The number of ether oxygens (including phenoxy) is 3. The molecule has 8 heteroatoms. The maximum absolute atomic E-state index is 11.6. The third-order valence-electron chi connectivity index (χ3n) is 6.38. The fourth-order valence-electron chi connectivity index (χ4n) is 4.38. The molecule has 2 fully saturated rings. The first-order chi connectivity index (χ1) is 16.3. The van der Waals surface area contributed by atoms with Crippen molar-refractivity contribution in [1.29, 1.82) is 0 Å². The van der Waals surface area contributed by atoms with E-state index in [1.54, 1.807) is 13.3 Å². The molecule has 0 spiro atoms. The highest BCUT2D eigenvalue weighted by molar-refractivity contribution is 5.93. The van der Waals surface area contributed by atoms with Gasteiger partial charge < -0.3 is 19.5 Å². The molecular weight excluding hydrogens is 432 g/mol. The number of anilines is 1. The Bertz CT molecular complexity index is 1320. The van der Waals surface area contributed by atoms with E-state index >= 15 is 0 Å². The Labute approximate surface area is 198 Å². The predicted molar refractivity (Wildman–Crippen MR) is 128 cm³/mol. The van der Waals surface area contributed by atoms with Crippen LogP contribution in [0.5, 0.6) is 0 Å². The van der Waals surface area contributed by atoms with Crippen molar-refractivity contribution in [3.05, 3.63) is 47.4 Å². The molecule has 0 saturated carbocycles. The lowest BCUT2D eigenvalue weighted by atomic mass is 9.89. The molecule has 2 aliphatic rings. The maximum atomic E-state index is 11.6. The molecule has 176 valence electrons. The summed E-state index contributed by atoms with van der Waals surface area (Å²) >= 11 is 0. The monoisotopic (exact) mass is 460 g/mol. The summed E-state index contributed by atoms with van der Waals surface area (Å²) in [6.07, 6.45) is 4.48. The van der Waals surface area contributed by atoms with Gasteiger partial charge in [-0.1, -0.05) is 11.8 Å². The van der Waals surface area contributed by atoms with E-state index in [2.05, 4.69) is 35.1 Å². The normalized spacial score (nSPS) is 21.1. The molecule has 0 aliphatic carbocycles. The van der Waals surface area contributed by atoms with Gasteiger partial charge in [0.2, 0.25) is 5.91 Å². The Hall–Kier alpha value is -3.25. The SMILES string of the molecule is CO[C@@]1(c2cc(C)cc(-n3cc(C#CC4(C)COC4)c4cnc(NC(C)=O)cc43)n2)CCOC1. The number of nitrogens with zero attached hydrogens (tertiary/aromatic N) is 3. The number of amides is 1. The zero-order valence-electron chi connectivity index (χ0n) is 19.9. The fourth-order valence-corrected chi connectivity index (χ4v) is 4.38. The van der Waals surface area contributed by atoms with Crippen molar-refractivity contribution >= 4 is 22.6 Å². The third kappa shape index (κ3) is 4.07. The second kappa shape index (κ2) is 8.51. The van der Waals surface area contributed by atoms with Crippen LogP contribution in [-0.2, 0) is 24.6 Å². The van der Waals surface area contributed by atoms with E-state index in [-0.39, 0.29) is 11.3 Å². The molecule has 3 aromatic heterocycles. The van der Waals surface area contributed by atoms with Crippen LogP contribution in [0.4, 0.5) is 5.82 Å². The molecule has 5 rings (SSSR count). The van der Waals surface area contributed by atoms with E-state index in [9.17, 15) is 4.79 Å². The van der Waals surface area contributed by atoms with Crippen molar-refractivity contribution in [2.75, 3.05) is 38.9 Å². The highest BCUT2D eigenvalue weighted by atomic mass is 16.5. The second-order valence-corrected chi connectivity index (χ2v) is 9.37. The molecule has 34 heavy (non-hydrogen) atoms. The third-order valence-corrected chi connectivity index (χ3v) is 6.38. The number of nitrogens with one attached hydrogen (secondary N) is 1. The standard InChI is InChI=1S/C26H28N4O4/c1-17-9-22(26(32-4)7-8-33-16-26)29-24(10-17)30-13-19(5-6-25(3)14-34-15-25)20-12-27-23(11-21(20)30)28-18(2)31/h9-13H,7-8,14-16H2,1-4H3,(H,27,28,31)/t26-/m0/s1. The summed E-state index contributed by atoms with van der Waals surface area (Å²) in [4.78, 5) is 21.1. The van der Waals surface area contributed by atoms with Crippen LogP contribution < -0.4 is 5.32 Å². The van der Waals surface area contributed by atoms with Gasteiger partial charge >= 0.3 is 0 Å². The number of carbonyl (C=O) groups excluding carboxylic acids is 1. The summed E-state index contributed by atoms with van der Waals surface area (Å²) in [7, 11) is 1.70. The number of rotatable bonds is 4. The Kier molecular flexibility index (Phi) is 5.64. The van der Waals surface area contributed by atoms with Crippen LogP contribution in [0.15, 0.2) is 30.6 Å². The molecule has 0 unspecified atom stereocenters. The van der Waals surface area contributed by atoms with Crippen molar-refractivity contribution in [2.24, 2.45) is 5.41 Å². The number of aromatic nitrogens is 3. The lowest BCUT2D eigenvalue weighted by Gasteiger charge is -2.32. The Morgan fingerprint density at radius 1 is 1.24 bits per heavy atom. The topological polar surface area (TPSA) is 87.5 Å². The molecule has 1 atom stereocenters. The molecule has 3 aromatic rings.